The van der Waals surface area contributed by atoms with Gasteiger partial charge in [0.1, 0.15) is 0 Å². The van der Waals surface area contributed by atoms with Crippen molar-refractivity contribution in [2.75, 3.05) is 0 Å². The van der Waals surface area contributed by atoms with Crippen molar-refractivity contribution in [2.45, 2.75) is 46.6 Å². The average molecular weight is 348 g/mol. The molecule has 2 aromatic carbocycles. The Hall–Kier alpha value is -0.860. The molecule has 0 aliphatic rings. The minimum Gasteiger partial charge on any atom is -0.324 e. The van der Waals surface area contributed by atoms with E-state index in [-0.39, 0.29) is 6.04 Å². The number of benzene rings is 2. The molecule has 0 spiro atoms. The van der Waals surface area contributed by atoms with E-state index in [0.29, 0.717) is 11.3 Å². The van der Waals surface area contributed by atoms with E-state index >= 15 is 0 Å². The minimum absolute atomic E-state index is 0.0975. The standard InChI is InChI=1S/C19H26BrN/c1-13(12-19(2,3)4)11-18(21)16-9-10-17(20)15-8-6-5-7-14(15)16/h5-10,13,18H,11-12,21H2,1-4H3. The summed E-state index contributed by atoms with van der Waals surface area (Å²) in [6.45, 7) is 9.20. The predicted octanol–water partition coefficient (Wildman–Crippen LogP) is 6.06. The van der Waals surface area contributed by atoms with Crippen molar-refractivity contribution < 1.29 is 0 Å². The molecule has 2 atom stereocenters. The lowest BCUT2D eigenvalue weighted by Crippen LogP contribution is -2.18. The molecular weight excluding hydrogens is 322 g/mol. The number of hydrogen-bond acceptors (Lipinski definition) is 1. The summed E-state index contributed by atoms with van der Waals surface area (Å²) in [6, 6.07) is 12.9. The Morgan fingerprint density at radius 3 is 2.29 bits per heavy atom. The maximum Gasteiger partial charge on any atom is 0.0303 e. The molecule has 2 unspecified atom stereocenters. The van der Waals surface area contributed by atoms with Crippen molar-refractivity contribution >= 4 is 26.7 Å². The summed E-state index contributed by atoms with van der Waals surface area (Å²) < 4.78 is 1.14. The third-order valence-corrected chi connectivity index (χ3v) is 4.61. The van der Waals surface area contributed by atoms with Crippen LogP contribution in [0.25, 0.3) is 10.8 Å². The second kappa shape index (κ2) is 6.50. The van der Waals surface area contributed by atoms with Gasteiger partial charge in [-0.15, -0.1) is 0 Å². The van der Waals surface area contributed by atoms with Crippen LogP contribution >= 0.6 is 15.9 Å². The fourth-order valence-electron chi connectivity index (χ4n) is 3.30. The summed E-state index contributed by atoms with van der Waals surface area (Å²) >= 11 is 3.63. The molecule has 2 N–H and O–H groups in total. The molecule has 2 heteroatoms. The normalized spacial score (nSPS) is 15.1. The molecule has 0 aliphatic carbocycles. The zero-order valence-corrected chi connectivity index (χ0v) is 15.1. The van der Waals surface area contributed by atoms with Crippen LogP contribution < -0.4 is 5.73 Å². The molecule has 0 radical (unpaired) electrons. The van der Waals surface area contributed by atoms with Crippen molar-refractivity contribution in [3.8, 4) is 0 Å². The van der Waals surface area contributed by atoms with Gasteiger partial charge < -0.3 is 5.73 Å². The average Bonchev–Trinajstić information content (AvgIpc) is 2.37. The van der Waals surface area contributed by atoms with Crippen LogP contribution in [0.1, 0.15) is 52.1 Å². The number of rotatable bonds is 4. The molecule has 2 aromatic rings. The zero-order valence-electron chi connectivity index (χ0n) is 13.5. The SMILES string of the molecule is CC(CC(N)c1ccc(Br)c2ccccc12)CC(C)(C)C. The topological polar surface area (TPSA) is 26.0 Å². The smallest absolute Gasteiger partial charge is 0.0303 e. The second-order valence-electron chi connectivity index (χ2n) is 7.39. The zero-order chi connectivity index (χ0) is 15.6. The molecule has 0 saturated heterocycles. The second-order valence-corrected chi connectivity index (χ2v) is 8.25. The number of fused-ring (bicyclic) bond motifs is 1. The molecule has 0 saturated carbocycles. The maximum absolute atomic E-state index is 6.52. The largest absolute Gasteiger partial charge is 0.324 e. The predicted molar refractivity (Wildman–Crippen MR) is 96.4 cm³/mol. The van der Waals surface area contributed by atoms with E-state index in [1.165, 1.54) is 22.8 Å². The molecule has 21 heavy (non-hydrogen) atoms. The highest BCUT2D eigenvalue weighted by Gasteiger charge is 2.19. The quantitative estimate of drug-likeness (QED) is 0.713. The Balaban J connectivity index is 2.24. The molecule has 0 aromatic heterocycles. The molecular formula is C19H26BrN. The molecule has 0 fully saturated rings. The third-order valence-electron chi connectivity index (χ3n) is 3.92. The Bertz CT molecular complexity index is 612. The van der Waals surface area contributed by atoms with Gasteiger partial charge in [0.05, 0.1) is 0 Å². The lowest BCUT2D eigenvalue weighted by molar-refractivity contribution is 0.286. The van der Waals surface area contributed by atoms with Crippen LogP contribution in [0.4, 0.5) is 0 Å². The summed E-state index contributed by atoms with van der Waals surface area (Å²) in [5.74, 6) is 0.627. The highest BCUT2D eigenvalue weighted by Crippen LogP contribution is 2.34. The van der Waals surface area contributed by atoms with Gasteiger partial charge in [0.15, 0.2) is 0 Å². The Morgan fingerprint density at radius 1 is 1.05 bits per heavy atom. The van der Waals surface area contributed by atoms with Gasteiger partial charge in [-0.1, -0.05) is 74.0 Å². The van der Waals surface area contributed by atoms with Crippen molar-refractivity contribution in [3.63, 3.8) is 0 Å². The summed E-state index contributed by atoms with van der Waals surface area (Å²) in [5, 5.41) is 2.51. The molecule has 2 rings (SSSR count). The number of nitrogens with two attached hydrogens (primary N) is 1. The highest BCUT2D eigenvalue weighted by molar-refractivity contribution is 9.10. The van der Waals surface area contributed by atoms with Crippen molar-refractivity contribution in [3.05, 3.63) is 46.4 Å². The first-order valence-electron chi connectivity index (χ1n) is 7.70. The molecule has 0 heterocycles. The first-order chi connectivity index (χ1) is 9.78. The lowest BCUT2D eigenvalue weighted by Gasteiger charge is -2.26. The van der Waals surface area contributed by atoms with Crippen LogP contribution in [-0.4, -0.2) is 0 Å². The lowest BCUT2D eigenvalue weighted by atomic mass is 9.82. The first kappa shape index (κ1) is 16.5. The Morgan fingerprint density at radius 2 is 1.67 bits per heavy atom. The van der Waals surface area contributed by atoms with Gasteiger partial charge in [0.2, 0.25) is 0 Å². The summed E-state index contributed by atoms with van der Waals surface area (Å²) in [6.07, 6.45) is 2.23. The van der Waals surface area contributed by atoms with Gasteiger partial charge in [0.25, 0.3) is 0 Å². The monoisotopic (exact) mass is 347 g/mol. The van der Waals surface area contributed by atoms with E-state index in [1.807, 2.05) is 0 Å². The fourth-order valence-corrected chi connectivity index (χ4v) is 3.78. The third kappa shape index (κ3) is 4.31. The summed E-state index contributed by atoms with van der Waals surface area (Å²) in [4.78, 5) is 0. The van der Waals surface area contributed by atoms with E-state index in [1.54, 1.807) is 0 Å². The Kier molecular flexibility index (Phi) is 5.11. The molecule has 0 aliphatic heterocycles. The van der Waals surface area contributed by atoms with Crippen LogP contribution in [0.3, 0.4) is 0 Å². The summed E-state index contributed by atoms with van der Waals surface area (Å²) in [7, 11) is 0. The summed E-state index contributed by atoms with van der Waals surface area (Å²) in [5.41, 5.74) is 8.14. The van der Waals surface area contributed by atoms with E-state index in [4.69, 9.17) is 5.73 Å². The van der Waals surface area contributed by atoms with Crippen LogP contribution in [-0.2, 0) is 0 Å². The van der Waals surface area contributed by atoms with Crippen LogP contribution in [0, 0.1) is 11.3 Å². The fraction of sp³-hybridized carbons (Fsp3) is 0.474. The van der Waals surface area contributed by atoms with E-state index in [0.717, 1.165) is 10.9 Å². The van der Waals surface area contributed by atoms with Gasteiger partial charge in [-0.05, 0) is 46.6 Å². The van der Waals surface area contributed by atoms with Gasteiger partial charge in [0, 0.05) is 10.5 Å². The van der Waals surface area contributed by atoms with Crippen LogP contribution in [0.15, 0.2) is 40.9 Å². The Labute approximate surface area is 137 Å². The van der Waals surface area contributed by atoms with Gasteiger partial charge >= 0.3 is 0 Å². The van der Waals surface area contributed by atoms with E-state index < -0.39 is 0 Å². The van der Waals surface area contributed by atoms with Crippen molar-refractivity contribution in [2.24, 2.45) is 17.1 Å². The van der Waals surface area contributed by atoms with Gasteiger partial charge in [-0.3, -0.25) is 0 Å². The molecule has 114 valence electrons. The minimum atomic E-state index is 0.0975. The first-order valence-corrected chi connectivity index (χ1v) is 8.50. The number of halogens is 1. The van der Waals surface area contributed by atoms with E-state index in [2.05, 4.69) is 80.0 Å². The molecule has 0 amide bonds. The molecule has 1 nitrogen and oxygen atoms in total. The number of hydrogen-bond donors (Lipinski definition) is 1. The van der Waals surface area contributed by atoms with E-state index in [9.17, 15) is 0 Å². The van der Waals surface area contributed by atoms with Crippen molar-refractivity contribution in [1.29, 1.82) is 0 Å². The highest BCUT2D eigenvalue weighted by atomic mass is 79.9. The van der Waals surface area contributed by atoms with Crippen LogP contribution in [0.2, 0.25) is 0 Å². The maximum atomic E-state index is 6.52. The van der Waals surface area contributed by atoms with Gasteiger partial charge in [-0.2, -0.15) is 0 Å². The molecule has 0 bridgehead atoms. The van der Waals surface area contributed by atoms with Gasteiger partial charge in [-0.25, -0.2) is 0 Å². The van der Waals surface area contributed by atoms with Crippen LogP contribution in [0.5, 0.6) is 0 Å². The van der Waals surface area contributed by atoms with Crippen molar-refractivity contribution in [1.82, 2.24) is 0 Å².